The number of carbonyl (C=O) groups is 1. The molecule has 100 valence electrons. The zero-order valence-electron chi connectivity index (χ0n) is 10.5. The van der Waals surface area contributed by atoms with Crippen molar-refractivity contribution in [2.45, 2.75) is 6.54 Å². The van der Waals surface area contributed by atoms with Crippen molar-refractivity contribution in [1.29, 1.82) is 0 Å². The van der Waals surface area contributed by atoms with Gasteiger partial charge in [0.15, 0.2) is 5.76 Å². The third-order valence-corrected chi connectivity index (χ3v) is 2.57. The number of hydrogen-bond acceptors (Lipinski definition) is 5. The van der Waals surface area contributed by atoms with E-state index in [0.29, 0.717) is 12.3 Å². The molecule has 2 rings (SSSR count). The second-order valence-corrected chi connectivity index (χ2v) is 3.82. The van der Waals surface area contributed by atoms with Gasteiger partial charge in [-0.05, 0) is 36.4 Å². The van der Waals surface area contributed by atoms with Crippen LogP contribution >= 0.6 is 0 Å². The number of rotatable bonds is 5. The van der Waals surface area contributed by atoms with Crippen molar-refractivity contribution in [3.05, 3.63) is 47.9 Å². The summed E-state index contributed by atoms with van der Waals surface area (Å²) in [6.07, 6.45) is 0. The normalized spacial score (nSPS) is 10.0. The average molecular weight is 261 g/mol. The molecule has 0 fully saturated rings. The first kappa shape index (κ1) is 13.0. The molecule has 6 heteroatoms. The zero-order chi connectivity index (χ0) is 13.7. The van der Waals surface area contributed by atoms with Crippen molar-refractivity contribution < 1.29 is 13.9 Å². The number of hydrazine groups is 1. The molecule has 0 aliphatic rings. The number of nitrogens with one attached hydrogen (secondary N) is 2. The average Bonchev–Trinajstić information content (AvgIpc) is 2.93. The molecule has 0 aliphatic carbocycles. The summed E-state index contributed by atoms with van der Waals surface area (Å²) in [6, 6.07) is 10.8. The molecule has 2 aromatic rings. The number of furan rings is 1. The summed E-state index contributed by atoms with van der Waals surface area (Å²) < 4.78 is 10.4. The highest BCUT2D eigenvalue weighted by Crippen LogP contribution is 2.16. The Bertz CT molecular complexity index is 549. The van der Waals surface area contributed by atoms with Crippen LogP contribution in [0.2, 0.25) is 0 Å². The molecule has 0 saturated carbocycles. The van der Waals surface area contributed by atoms with Gasteiger partial charge in [-0.2, -0.15) is 0 Å². The van der Waals surface area contributed by atoms with Gasteiger partial charge < -0.3 is 14.5 Å². The molecule has 0 spiro atoms. The molecular formula is C13H15N3O3. The maximum absolute atomic E-state index is 11.2. The molecule has 0 saturated heterocycles. The number of ether oxygens (including phenoxy) is 1. The summed E-state index contributed by atoms with van der Waals surface area (Å²) in [5.41, 5.74) is 2.95. The molecule has 1 amide bonds. The molecule has 1 heterocycles. The topological polar surface area (TPSA) is 89.5 Å². The number of nitrogen functional groups attached to an aromatic ring is 1. The van der Waals surface area contributed by atoms with Crippen LogP contribution in [0.15, 0.2) is 40.8 Å². The summed E-state index contributed by atoms with van der Waals surface area (Å²) in [5, 5.41) is 3.17. The third kappa shape index (κ3) is 3.26. The minimum atomic E-state index is -0.448. The van der Waals surface area contributed by atoms with Gasteiger partial charge in [-0.25, -0.2) is 5.84 Å². The van der Waals surface area contributed by atoms with E-state index in [1.165, 1.54) is 0 Å². The zero-order valence-corrected chi connectivity index (χ0v) is 10.5. The number of methoxy groups -OCH3 is 1. The van der Waals surface area contributed by atoms with Crippen molar-refractivity contribution in [2.75, 3.05) is 12.4 Å². The van der Waals surface area contributed by atoms with E-state index in [9.17, 15) is 4.79 Å². The first-order chi connectivity index (χ1) is 9.22. The standard InChI is InChI=1S/C13H15N3O3/c1-18-10-4-2-9(3-5-10)15-8-11-6-7-12(19-11)13(17)16-14/h2-7,15H,8,14H2,1H3,(H,16,17). The monoisotopic (exact) mass is 261 g/mol. The van der Waals surface area contributed by atoms with Crippen LogP contribution in [0.25, 0.3) is 0 Å². The van der Waals surface area contributed by atoms with Gasteiger partial charge in [-0.15, -0.1) is 0 Å². The highest BCUT2D eigenvalue weighted by Gasteiger charge is 2.09. The minimum absolute atomic E-state index is 0.189. The lowest BCUT2D eigenvalue weighted by Gasteiger charge is -2.05. The third-order valence-electron chi connectivity index (χ3n) is 2.57. The van der Waals surface area contributed by atoms with Crippen LogP contribution in [-0.2, 0) is 6.54 Å². The molecule has 0 bridgehead atoms. The second-order valence-electron chi connectivity index (χ2n) is 3.82. The van der Waals surface area contributed by atoms with Crippen LogP contribution in [0.1, 0.15) is 16.3 Å². The highest BCUT2D eigenvalue weighted by molar-refractivity contribution is 5.90. The Kier molecular flexibility index (Phi) is 4.04. The lowest BCUT2D eigenvalue weighted by atomic mass is 10.3. The van der Waals surface area contributed by atoms with Gasteiger partial charge in [0.1, 0.15) is 11.5 Å². The van der Waals surface area contributed by atoms with Crippen molar-refractivity contribution in [3.8, 4) is 5.75 Å². The van der Waals surface area contributed by atoms with Gasteiger partial charge in [-0.3, -0.25) is 10.2 Å². The molecule has 0 atom stereocenters. The van der Waals surface area contributed by atoms with Crippen molar-refractivity contribution >= 4 is 11.6 Å². The van der Waals surface area contributed by atoms with E-state index in [-0.39, 0.29) is 5.76 Å². The fourth-order valence-electron chi connectivity index (χ4n) is 1.56. The fraction of sp³-hybridized carbons (Fsp3) is 0.154. The molecular weight excluding hydrogens is 246 g/mol. The van der Waals surface area contributed by atoms with Crippen molar-refractivity contribution in [1.82, 2.24) is 5.43 Å². The van der Waals surface area contributed by atoms with E-state index in [0.717, 1.165) is 11.4 Å². The van der Waals surface area contributed by atoms with Gasteiger partial charge in [0.25, 0.3) is 0 Å². The van der Waals surface area contributed by atoms with Gasteiger partial charge in [0.2, 0.25) is 0 Å². The van der Waals surface area contributed by atoms with Crippen LogP contribution in [0.5, 0.6) is 5.75 Å². The van der Waals surface area contributed by atoms with Crippen LogP contribution in [0.3, 0.4) is 0 Å². The Hall–Kier alpha value is -2.47. The summed E-state index contributed by atoms with van der Waals surface area (Å²) >= 11 is 0. The Morgan fingerprint density at radius 1 is 1.26 bits per heavy atom. The molecule has 0 radical (unpaired) electrons. The summed E-state index contributed by atoms with van der Waals surface area (Å²) in [6.45, 7) is 0.476. The first-order valence-corrected chi connectivity index (χ1v) is 5.70. The van der Waals surface area contributed by atoms with Crippen LogP contribution < -0.4 is 21.3 Å². The predicted molar refractivity (Wildman–Crippen MR) is 70.7 cm³/mol. The maximum Gasteiger partial charge on any atom is 0.300 e. The smallest absolute Gasteiger partial charge is 0.300 e. The van der Waals surface area contributed by atoms with E-state index in [4.69, 9.17) is 15.0 Å². The molecule has 6 nitrogen and oxygen atoms in total. The molecule has 1 aromatic carbocycles. The summed E-state index contributed by atoms with van der Waals surface area (Å²) in [5.74, 6) is 6.20. The lowest BCUT2D eigenvalue weighted by Crippen LogP contribution is -2.29. The minimum Gasteiger partial charge on any atom is -0.497 e. The van der Waals surface area contributed by atoms with Gasteiger partial charge in [0, 0.05) is 5.69 Å². The van der Waals surface area contributed by atoms with E-state index in [1.54, 1.807) is 19.2 Å². The summed E-state index contributed by atoms with van der Waals surface area (Å²) in [4.78, 5) is 11.2. The number of amides is 1. The number of benzene rings is 1. The highest BCUT2D eigenvalue weighted by atomic mass is 16.5. The molecule has 0 aliphatic heterocycles. The Balaban J connectivity index is 1.94. The number of hydrogen-bond donors (Lipinski definition) is 3. The predicted octanol–water partition coefficient (Wildman–Crippen LogP) is 1.50. The van der Waals surface area contributed by atoms with Crippen LogP contribution in [0.4, 0.5) is 5.69 Å². The largest absolute Gasteiger partial charge is 0.497 e. The number of anilines is 1. The van der Waals surface area contributed by atoms with Crippen LogP contribution in [0, 0.1) is 0 Å². The van der Waals surface area contributed by atoms with E-state index in [1.807, 2.05) is 29.7 Å². The van der Waals surface area contributed by atoms with Crippen molar-refractivity contribution in [2.24, 2.45) is 5.84 Å². The van der Waals surface area contributed by atoms with Crippen LogP contribution in [-0.4, -0.2) is 13.0 Å². The number of carbonyl (C=O) groups excluding carboxylic acids is 1. The molecule has 1 aromatic heterocycles. The molecule has 4 N–H and O–H groups in total. The molecule has 19 heavy (non-hydrogen) atoms. The second kappa shape index (κ2) is 5.92. The SMILES string of the molecule is COc1ccc(NCc2ccc(C(=O)NN)o2)cc1. The lowest BCUT2D eigenvalue weighted by molar-refractivity contribution is 0.0924. The Morgan fingerprint density at radius 3 is 2.63 bits per heavy atom. The summed E-state index contributed by atoms with van der Waals surface area (Å²) in [7, 11) is 1.62. The van der Waals surface area contributed by atoms with E-state index < -0.39 is 5.91 Å². The Labute approximate surface area is 110 Å². The van der Waals surface area contributed by atoms with E-state index in [2.05, 4.69) is 5.32 Å². The van der Waals surface area contributed by atoms with Gasteiger partial charge in [0.05, 0.1) is 13.7 Å². The Morgan fingerprint density at radius 2 is 2.00 bits per heavy atom. The maximum atomic E-state index is 11.2. The number of nitrogens with two attached hydrogens (primary N) is 1. The van der Waals surface area contributed by atoms with Gasteiger partial charge in [-0.1, -0.05) is 0 Å². The fourth-order valence-corrected chi connectivity index (χ4v) is 1.56. The van der Waals surface area contributed by atoms with E-state index >= 15 is 0 Å². The first-order valence-electron chi connectivity index (χ1n) is 5.70. The molecule has 0 unspecified atom stereocenters. The van der Waals surface area contributed by atoms with Crippen molar-refractivity contribution in [3.63, 3.8) is 0 Å². The quantitative estimate of drug-likeness (QED) is 0.431. The van der Waals surface area contributed by atoms with Gasteiger partial charge >= 0.3 is 5.91 Å².